The van der Waals surface area contributed by atoms with Crippen LogP contribution in [0.4, 0.5) is 0 Å². The third-order valence-corrected chi connectivity index (χ3v) is 9.53. The molecule has 0 bridgehead atoms. The summed E-state index contributed by atoms with van der Waals surface area (Å²) in [6, 6.07) is 56.5. The first-order valence-electron chi connectivity index (χ1n) is 21.2. The Labute approximate surface area is 358 Å². The zero-order valence-corrected chi connectivity index (χ0v) is 36.1. The van der Waals surface area contributed by atoms with Gasteiger partial charge < -0.3 is 9.55 Å². The number of para-hydroxylation sites is 1. The molecule has 0 unspecified atom stereocenters. The first kappa shape index (κ1) is 36.0. The quantitative estimate of drug-likeness (QED) is 0.142. The molecule has 0 aliphatic heterocycles. The zero-order valence-electron chi connectivity index (χ0n) is 37.7. The molecule has 3 nitrogen and oxygen atoms in total. The Hall–Kier alpha value is -5.41. The van der Waals surface area contributed by atoms with E-state index in [1.165, 1.54) is 0 Å². The third-order valence-electron chi connectivity index (χ3n) is 9.53. The summed E-state index contributed by atoms with van der Waals surface area (Å²) in [7, 11) is 0. The van der Waals surface area contributed by atoms with E-state index in [1.54, 1.807) is 6.20 Å². The first-order valence-corrected chi connectivity index (χ1v) is 19.2. The molecule has 0 spiro atoms. The van der Waals surface area contributed by atoms with Crippen LogP contribution in [0.2, 0.25) is 0 Å². The van der Waals surface area contributed by atoms with E-state index >= 15 is 0 Å². The Balaban J connectivity index is 0.000000212. The molecule has 6 aromatic carbocycles. The Morgan fingerprint density at radius 2 is 1.21 bits per heavy atom. The van der Waals surface area contributed by atoms with E-state index in [4.69, 9.17) is 10.5 Å². The molecule has 0 N–H and O–H groups in total. The minimum Gasteiger partial charge on any atom is -0.333 e. The third kappa shape index (κ3) is 9.77. The number of rotatable bonds is 8. The molecule has 0 aliphatic carbocycles. The van der Waals surface area contributed by atoms with Gasteiger partial charge in [-0.15, -0.1) is 71.8 Å². The van der Waals surface area contributed by atoms with Gasteiger partial charge in [-0.2, -0.15) is 0 Å². The average molecular weight is 926 g/mol. The summed E-state index contributed by atoms with van der Waals surface area (Å²) < 4.78 is 36.9. The Kier molecular flexibility index (Phi) is 11.5. The Morgan fingerprint density at radius 3 is 1.81 bits per heavy atom. The van der Waals surface area contributed by atoms with Gasteiger partial charge in [0.25, 0.3) is 0 Å². The van der Waals surface area contributed by atoms with Gasteiger partial charge in [0.15, 0.2) is 0 Å². The standard InChI is InChI=1S/C31H29N2.C22H22N.Ir/c1-21(2)26-16-11-17-27(22(3)4)30(26)33-29-20-25(23-12-7-5-8-13-23)18-19-28(29)32-31(33)24-14-9-6-10-15-24;1-22(2,3)16-17-9-11-18(12-10-17)20-13-14-23-21(15-20)19-7-5-4-6-8-19;/h5-14,16-22H,1-4H3;4-7,9-15H,16H2,1-3H3;/q2*-1;/i21D,22D;16D2;. The number of imidazole rings is 1. The van der Waals surface area contributed by atoms with Crippen LogP contribution in [0, 0.1) is 17.5 Å². The summed E-state index contributed by atoms with van der Waals surface area (Å²) in [6.45, 7) is 13.4. The molecule has 0 saturated carbocycles. The average Bonchev–Trinajstić information content (AvgIpc) is 3.62. The second-order valence-corrected chi connectivity index (χ2v) is 15.5. The topological polar surface area (TPSA) is 30.7 Å². The van der Waals surface area contributed by atoms with E-state index in [0.29, 0.717) is 5.56 Å². The SMILES string of the molecule is [2H]C(C)(C)c1cccc(C([2H])(C)C)c1-n1c(-c2[c-]cccc2)nc2ccc(-c3ccccc3)cc21.[2H]C([2H])(c1ccc(-c2ccnc(-c3[c-]cccc3)c2)cc1)C(C)(C)C.[Ir]. The summed E-state index contributed by atoms with van der Waals surface area (Å²) in [6.07, 6.45) is 0.418. The Bertz CT molecular complexity index is 2680. The first-order chi connectivity index (χ1) is 28.4. The van der Waals surface area contributed by atoms with Crippen molar-refractivity contribution in [3.05, 3.63) is 187 Å². The number of pyridine rings is 1. The molecule has 0 atom stereocenters. The molecule has 0 aliphatic rings. The monoisotopic (exact) mass is 926 g/mol. The van der Waals surface area contributed by atoms with Crippen molar-refractivity contribution in [2.45, 2.75) is 66.6 Å². The van der Waals surface area contributed by atoms with Crippen molar-refractivity contribution >= 4 is 11.0 Å². The minimum atomic E-state index is -1.38. The molecule has 1 radical (unpaired) electrons. The van der Waals surface area contributed by atoms with Gasteiger partial charge in [0.2, 0.25) is 0 Å². The normalized spacial score (nSPS) is 13.0. The summed E-state index contributed by atoms with van der Waals surface area (Å²) in [5, 5.41) is 0. The van der Waals surface area contributed by atoms with Crippen molar-refractivity contribution in [3.63, 3.8) is 0 Å². The molecule has 8 aromatic rings. The van der Waals surface area contributed by atoms with E-state index in [0.717, 1.165) is 72.7 Å². The summed E-state index contributed by atoms with van der Waals surface area (Å²) in [5.74, 6) is -0.989. The van der Waals surface area contributed by atoms with Crippen LogP contribution >= 0.6 is 0 Å². The van der Waals surface area contributed by atoms with Gasteiger partial charge in [-0.1, -0.05) is 133 Å². The maximum Gasteiger partial charge on any atom is 0.0774 e. The number of fused-ring (bicyclic) bond motifs is 1. The fourth-order valence-corrected chi connectivity index (χ4v) is 6.91. The van der Waals surface area contributed by atoms with Crippen LogP contribution < -0.4 is 0 Å². The minimum absolute atomic E-state index is 0. The number of hydrogen-bond acceptors (Lipinski definition) is 2. The molecule has 4 heteroatoms. The molecule has 0 fully saturated rings. The van der Waals surface area contributed by atoms with Gasteiger partial charge in [-0.3, -0.25) is 4.98 Å². The van der Waals surface area contributed by atoms with Crippen LogP contribution in [0.3, 0.4) is 0 Å². The number of nitrogens with zero attached hydrogens (tertiary/aromatic N) is 3. The summed E-state index contributed by atoms with van der Waals surface area (Å²) >= 11 is 0. The second kappa shape index (κ2) is 18.2. The summed E-state index contributed by atoms with van der Waals surface area (Å²) in [4.78, 5) is 9.48. The zero-order chi connectivity index (χ0) is 42.9. The number of aromatic nitrogens is 3. The largest absolute Gasteiger partial charge is 0.333 e. The fraction of sp³-hybridized carbons (Fsp3) is 0.208. The van der Waals surface area contributed by atoms with E-state index in [2.05, 4.69) is 52.0 Å². The van der Waals surface area contributed by atoms with Crippen molar-refractivity contribution < 1.29 is 25.6 Å². The van der Waals surface area contributed by atoms with Gasteiger partial charge in [0, 0.05) is 37.5 Å². The van der Waals surface area contributed by atoms with Crippen molar-refractivity contribution in [2.24, 2.45) is 5.41 Å². The fourth-order valence-electron chi connectivity index (χ4n) is 6.91. The van der Waals surface area contributed by atoms with Crippen LogP contribution in [0.5, 0.6) is 0 Å². The molecular weight excluding hydrogens is 871 g/mol. The smallest absolute Gasteiger partial charge is 0.0774 e. The van der Waals surface area contributed by atoms with Crippen molar-refractivity contribution in [1.82, 2.24) is 14.5 Å². The molecule has 289 valence electrons. The van der Waals surface area contributed by atoms with Crippen LogP contribution in [0.25, 0.3) is 61.6 Å². The number of benzene rings is 6. The van der Waals surface area contributed by atoms with Crippen molar-refractivity contribution in [2.75, 3.05) is 0 Å². The van der Waals surface area contributed by atoms with Gasteiger partial charge in [0.05, 0.1) is 16.9 Å². The predicted molar refractivity (Wildman–Crippen MR) is 236 cm³/mol. The predicted octanol–water partition coefficient (Wildman–Crippen LogP) is 14.2. The van der Waals surface area contributed by atoms with Crippen molar-refractivity contribution in [3.8, 4) is 50.6 Å². The van der Waals surface area contributed by atoms with Crippen LogP contribution in [0.1, 0.15) is 82.4 Å². The molecule has 8 rings (SSSR count). The van der Waals surface area contributed by atoms with Gasteiger partial charge in [0.1, 0.15) is 0 Å². The van der Waals surface area contributed by atoms with Gasteiger partial charge >= 0.3 is 0 Å². The maximum absolute atomic E-state index is 8.97. The molecular formula is C53H51IrN3-2. The van der Waals surface area contributed by atoms with E-state index < -0.39 is 23.6 Å². The second-order valence-electron chi connectivity index (χ2n) is 15.5. The molecule has 2 aromatic heterocycles. The Morgan fingerprint density at radius 1 is 0.632 bits per heavy atom. The molecule has 0 saturated heterocycles. The van der Waals surface area contributed by atoms with Crippen LogP contribution in [-0.4, -0.2) is 14.5 Å². The van der Waals surface area contributed by atoms with Gasteiger partial charge in [-0.05, 0) is 86.4 Å². The van der Waals surface area contributed by atoms with E-state index in [9.17, 15) is 0 Å². The molecule has 0 amide bonds. The van der Waals surface area contributed by atoms with Crippen LogP contribution in [0.15, 0.2) is 158 Å². The van der Waals surface area contributed by atoms with E-state index in [1.807, 2.05) is 170 Å². The molecule has 2 heterocycles. The summed E-state index contributed by atoms with van der Waals surface area (Å²) in [5.41, 5.74) is 11.7. The van der Waals surface area contributed by atoms with E-state index in [-0.39, 0.29) is 20.1 Å². The van der Waals surface area contributed by atoms with Crippen molar-refractivity contribution in [1.29, 1.82) is 0 Å². The maximum atomic E-state index is 8.97. The number of hydrogen-bond donors (Lipinski definition) is 0. The molecule has 57 heavy (non-hydrogen) atoms. The van der Waals surface area contributed by atoms with Crippen LogP contribution in [-0.2, 0) is 26.5 Å². The van der Waals surface area contributed by atoms with Gasteiger partial charge in [-0.25, -0.2) is 0 Å².